The Kier molecular flexibility index (Phi) is 4.97. The molecule has 0 bridgehead atoms. The third kappa shape index (κ3) is 3.44. The summed E-state index contributed by atoms with van der Waals surface area (Å²) >= 11 is 1.56. The van der Waals surface area contributed by atoms with E-state index in [1.165, 1.54) is 30.4 Å². The molecule has 1 aliphatic carbocycles. The molecule has 32 heavy (non-hydrogen) atoms. The van der Waals surface area contributed by atoms with Crippen LogP contribution in [0.1, 0.15) is 47.6 Å². The summed E-state index contributed by atoms with van der Waals surface area (Å²) in [7, 11) is 3.22. The van der Waals surface area contributed by atoms with Crippen molar-refractivity contribution >= 4 is 23.2 Å². The van der Waals surface area contributed by atoms with Gasteiger partial charge in [-0.1, -0.05) is 24.3 Å². The molecule has 0 spiro atoms. The summed E-state index contributed by atoms with van der Waals surface area (Å²) in [5.74, 6) is 0.375. The predicted octanol–water partition coefficient (Wildman–Crippen LogP) is 3.88. The number of hydrogen-bond donors (Lipinski definition) is 1. The molecule has 2 N–H and O–H groups in total. The number of guanidine groups is 1. The highest BCUT2D eigenvalue weighted by Crippen LogP contribution is 2.47. The molecule has 3 heterocycles. The van der Waals surface area contributed by atoms with Crippen molar-refractivity contribution in [1.82, 2.24) is 14.9 Å². The average molecular weight is 448 g/mol. The van der Waals surface area contributed by atoms with Crippen molar-refractivity contribution in [3.8, 4) is 17.1 Å². The lowest BCUT2D eigenvalue weighted by molar-refractivity contribution is -0.130. The highest BCUT2D eigenvalue weighted by molar-refractivity contribution is 7.10. The molecule has 0 unspecified atom stereocenters. The van der Waals surface area contributed by atoms with Gasteiger partial charge in [0.2, 0.25) is 5.91 Å². The minimum Gasteiger partial charge on any atom is -0.467 e. The normalized spacial score (nSPS) is 23.2. The Morgan fingerprint density at radius 2 is 1.78 bits per heavy atom. The fourth-order valence-corrected chi connectivity index (χ4v) is 5.35. The van der Waals surface area contributed by atoms with E-state index in [0.717, 1.165) is 21.6 Å². The van der Waals surface area contributed by atoms with E-state index in [2.05, 4.69) is 40.3 Å². The van der Waals surface area contributed by atoms with Crippen LogP contribution in [-0.2, 0) is 10.3 Å². The highest BCUT2D eigenvalue weighted by atomic mass is 32.1. The number of aliphatic imine (C=N–C) groups is 1. The van der Waals surface area contributed by atoms with E-state index in [1.54, 1.807) is 30.8 Å². The number of hydrogen-bond acceptors (Lipinski definition) is 7. The van der Waals surface area contributed by atoms with E-state index in [4.69, 9.17) is 15.5 Å². The summed E-state index contributed by atoms with van der Waals surface area (Å²) in [6.07, 6.45) is 5.95. The molecule has 7 nitrogen and oxygen atoms in total. The van der Waals surface area contributed by atoms with Crippen LogP contribution in [0.2, 0.25) is 0 Å². The lowest BCUT2D eigenvalue weighted by Crippen LogP contribution is -2.52. The Morgan fingerprint density at radius 1 is 1.12 bits per heavy atom. The molecular weight excluding hydrogens is 422 g/mol. The first-order chi connectivity index (χ1) is 15.4. The van der Waals surface area contributed by atoms with Gasteiger partial charge in [0.1, 0.15) is 5.54 Å². The van der Waals surface area contributed by atoms with E-state index in [1.807, 2.05) is 12.3 Å². The minimum absolute atomic E-state index is 0.0538. The van der Waals surface area contributed by atoms with Gasteiger partial charge < -0.3 is 10.5 Å². The van der Waals surface area contributed by atoms with Gasteiger partial charge in [-0.05, 0) is 53.8 Å². The van der Waals surface area contributed by atoms with E-state index in [0.29, 0.717) is 11.9 Å². The Labute approximate surface area is 191 Å². The lowest BCUT2D eigenvalue weighted by Gasteiger charge is -2.40. The molecule has 0 saturated heterocycles. The van der Waals surface area contributed by atoms with Crippen molar-refractivity contribution in [3.05, 3.63) is 64.1 Å². The summed E-state index contributed by atoms with van der Waals surface area (Å²) in [4.78, 5) is 29.1. The quantitative estimate of drug-likeness (QED) is 0.641. The van der Waals surface area contributed by atoms with Gasteiger partial charge in [-0.2, -0.15) is 0 Å². The van der Waals surface area contributed by atoms with Gasteiger partial charge in [-0.15, -0.1) is 11.3 Å². The van der Waals surface area contributed by atoms with E-state index in [-0.39, 0.29) is 11.9 Å². The van der Waals surface area contributed by atoms with Crippen LogP contribution in [0, 0.1) is 0 Å². The van der Waals surface area contributed by atoms with Crippen LogP contribution in [0.25, 0.3) is 11.1 Å². The van der Waals surface area contributed by atoms with E-state index >= 15 is 0 Å². The van der Waals surface area contributed by atoms with Crippen LogP contribution < -0.4 is 10.5 Å². The molecule has 3 aromatic rings. The molecule has 0 radical (unpaired) electrons. The van der Waals surface area contributed by atoms with Crippen LogP contribution in [0.5, 0.6) is 6.01 Å². The van der Waals surface area contributed by atoms with Crippen LogP contribution in [-0.4, -0.2) is 40.9 Å². The number of amides is 1. The van der Waals surface area contributed by atoms with Gasteiger partial charge in [0.15, 0.2) is 5.96 Å². The summed E-state index contributed by atoms with van der Waals surface area (Å²) in [5, 5.41) is 2.04. The second-order valence-corrected chi connectivity index (χ2v) is 9.46. The third-order valence-corrected chi connectivity index (χ3v) is 7.55. The fraction of sp³-hybridized carbons (Fsp3) is 0.333. The number of nitrogens with two attached hydrogens (primary N) is 1. The molecule has 5 rings (SSSR count). The van der Waals surface area contributed by atoms with Crippen molar-refractivity contribution < 1.29 is 9.53 Å². The lowest BCUT2D eigenvalue weighted by atomic mass is 9.77. The van der Waals surface area contributed by atoms with Crippen LogP contribution in [0.4, 0.5) is 0 Å². The largest absolute Gasteiger partial charge is 0.467 e. The zero-order valence-electron chi connectivity index (χ0n) is 18.3. The summed E-state index contributed by atoms with van der Waals surface area (Å²) < 4.78 is 5.05. The number of methoxy groups -OCH3 is 1. The number of thiophene rings is 1. The van der Waals surface area contributed by atoms with Crippen molar-refractivity contribution in [1.29, 1.82) is 0 Å². The van der Waals surface area contributed by atoms with Gasteiger partial charge in [0.25, 0.3) is 0 Å². The zero-order valence-corrected chi connectivity index (χ0v) is 19.1. The molecule has 2 atom stereocenters. The molecule has 164 valence electrons. The maximum atomic E-state index is 13.4. The molecule has 1 aliphatic heterocycles. The van der Waals surface area contributed by atoms with Gasteiger partial charge in [0, 0.05) is 29.9 Å². The number of nitrogens with zero attached hydrogens (tertiary/aromatic N) is 4. The van der Waals surface area contributed by atoms with Crippen molar-refractivity contribution in [2.24, 2.45) is 10.7 Å². The van der Waals surface area contributed by atoms with Gasteiger partial charge in [0.05, 0.1) is 13.0 Å². The SMILES string of the molecule is COc1ncc(-c2csc([C@@]3(C)N=C(N)N(C)C(=O)[C@@H]3c3ccc(C4CC4)cc3)c2)cn1. The molecule has 2 aromatic heterocycles. The first-order valence-corrected chi connectivity index (χ1v) is 11.5. The Balaban J connectivity index is 1.55. The number of aromatic nitrogens is 2. The van der Waals surface area contributed by atoms with Gasteiger partial charge in [-0.3, -0.25) is 9.69 Å². The monoisotopic (exact) mass is 447 g/mol. The Morgan fingerprint density at radius 3 is 2.41 bits per heavy atom. The topological polar surface area (TPSA) is 93.7 Å². The number of ether oxygens (including phenoxy) is 1. The molecule has 1 amide bonds. The summed E-state index contributed by atoms with van der Waals surface area (Å²) in [5.41, 5.74) is 9.49. The van der Waals surface area contributed by atoms with E-state index < -0.39 is 11.5 Å². The Hall–Kier alpha value is -3.26. The summed E-state index contributed by atoms with van der Waals surface area (Å²) in [6, 6.07) is 10.8. The molecule has 2 aliphatic rings. The first kappa shape index (κ1) is 20.6. The van der Waals surface area contributed by atoms with Crippen LogP contribution >= 0.6 is 11.3 Å². The molecule has 1 fully saturated rings. The van der Waals surface area contributed by atoms with Crippen molar-refractivity contribution in [2.75, 3.05) is 14.2 Å². The van der Waals surface area contributed by atoms with Crippen molar-refractivity contribution in [2.45, 2.75) is 37.1 Å². The smallest absolute Gasteiger partial charge is 0.316 e. The van der Waals surface area contributed by atoms with E-state index in [9.17, 15) is 4.79 Å². The number of rotatable bonds is 5. The fourth-order valence-electron chi connectivity index (χ4n) is 4.29. The second kappa shape index (κ2) is 7.70. The predicted molar refractivity (Wildman–Crippen MR) is 125 cm³/mol. The minimum atomic E-state index is -0.814. The van der Waals surface area contributed by atoms with Crippen molar-refractivity contribution in [3.63, 3.8) is 0 Å². The molecular formula is C24H25N5O2S. The number of likely N-dealkylation sites (N-methyl/N-ethyl adjacent to an activating group) is 1. The number of carbonyl (C=O) groups excluding carboxylic acids is 1. The maximum Gasteiger partial charge on any atom is 0.316 e. The number of carbonyl (C=O) groups is 1. The van der Waals surface area contributed by atoms with Gasteiger partial charge in [-0.25, -0.2) is 15.0 Å². The highest BCUT2D eigenvalue weighted by Gasteiger charge is 2.48. The van der Waals surface area contributed by atoms with Gasteiger partial charge >= 0.3 is 6.01 Å². The molecule has 1 saturated carbocycles. The third-order valence-electron chi connectivity index (χ3n) is 6.39. The first-order valence-electron chi connectivity index (χ1n) is 10.6. The average Bonchev–Trinajstić information content (AvgIpc) is 3.53. The molecule has 8 heteroatoms. The molecule has 1 aromatic carbocycles. The second-order valence-electron chi connectivity index (χ2n) is 8.55. The zero-order chi connectivity index (χ0) is 22.5. The summed E-state index contributed by atoms with van der Waals surface area (Å²) in [6.45, 7) is 1.99. The number of benzene rings is 1. The Bertz CT molecular complexity index is 1180. The maximum absolute atomic E-state index is 13.4. The van der Waals surface area contributed by atoms with Crippen LogP contribution in [0.15, 0.2) is 53.1 Å². The standard InChI is InChI=1S/C24H25N5O2S/c1-24(19-10-17(13-32-19)18-11-26-23(31-3)27-12-18)20(21(30)29(2)22(25)28-24)16-8-6-15(7-9-16)14-4-5-14/h6-14,20H,4-5H2,1-3H3,(H2,25,28)/t20-,24+/m0/s1. The van der Waals surface area contributed by atoms with Crippen LogP contribution in [0.3, 0.4) is 0 Å².